The van der Waals surface area contributed by atoms with Gasteiger partial charge in [-0.1, -0.05) is 107 Å². The molecule has 0 aliphatic heterocycles. The van der Waals surface area contributed by atoms with Crippen LogP contribution in [0.15, 0.2) is 24.3 Å². The average Bonchev–Trinajstić information content (AvgIpc) is 2.68. The van der Waals surface area contributed by atoms with Crippen LogP contribution in [0.2, 0.25) is 0 Å². The quantitative estimate of drug-likeness (QED) is 0.460. The van der Waals surface area contributed by atoms with E-state index in [9.17, 15) is 10.2 Å². The number of aromatic hydroxyl groups is 2. The Kier molecular flexibility index (Phi) is 7.45. The fraction of sp³-hybridized carbons (Fsp3) is 0.613. The molecule has 2 N–H and O–H groups in total. The number of benzene rings is 2. The Morgan fingerprint density at radius 1 is 0.545 bits per heavy atom. The summed E-state index contributed by atoms with van der Waals surface area (Å²) in [5, 5.41) is 22.8. The first kappa shape index (κ1) is 27.3. The molecular weight excluding hydrogens is 404 g/mol. The first-order valence-corrected chi connectivity index (χ1v) is 12.6. The monoisotopic (exact) mass is 452 g/mol. The Hall–Kier alpha value is -1.96. The molecule has 2 heteroatoms. The molecule has 0 radical (unpaired) electrons. The second-order valence-corrected chi connectivity index (χ2v) is 13.2. The molecule has 33 heavy (non-hydrogen) atoms. The van der Waals surface area contributed by atoms with Crippen LogP contribution in [-0.4, -0.2) is 10.2 Å². The van der Waals surface area contributed by atoms with E-state index in [2.05, 4.69) is 107 Å². The molecule has 184 valence electrons. The van der Waals surface area contributed by atoms with Gasteiger partial charge in [0.15, 0.2) is 0 Å². The highest BCUT2D eigenvalue weighted by atomic mass is 16.3. The van der Waals surface area contributed by atoms with E-state index in [1.165, 1.54) is 11.1 Å². The number of phenols is 2. The smallest absolute Gasteiger partial charge is 0.122 e. The molecule has 0 spiro atoms. The zero-order chi connectivity index (χ0) is 25.6. The van der Waals surface area contributed by atoms with E-state index < -0.39 is 0 Å². The summed E-state index contributed by atoms with van der Waals surface area (Å²) < 4.78 is 0. The van der Waals surface area contributed by atoms with E-state index in [-0.39, 0.29) is 21.7 Å². The average molecular weight is 453 g/mol. The number of hydrogen-bond donors (Lipinski definition) is 2. The topological polar surface area (TPSA) is 40.5 Å². The molecule has 0 heterocycles. The maximum atomic E-state index is 11.4. The third-order valence-electron chi connectivity index (χ3n) is 7.72. The van der Waals surface area contributed by atoms with E-state index in [0.717, 1.165) is 35.1 Å². The summed E-state index contributed by atoms with van der Waals surface area (Å²) in [5.41, 5.74) is 5.86. The molecule has 0 fully saturated rings. The van der Waals surface area contributed by atoms with Crippen LogP contribution in [0.5, 0.6) is 11.5 Å². The summed E-state index contributed by atoms with van der Waals surface area (Å²) in [7, 11) is 0. The first-order valence-electron chi connectivity index (χ1n) is 12.6. The van der Waals surface area contributed by atoms with Crippen LogP contribution in [0.1, 0.15) is 129 Å². The zero-order valence-electron chi connectivity index (χ0n) is 23.3. The zero-order valence-corrected chi connectivity index (χ0v) is 23.3. The van der Waals surface area contributed by atoms with Crippen LogP contribution < -0.4 is 0 Å². The fourth-order valence-corrected chi connectivity index (χ4v) is 4.14. The van der Waals surface area contributed by atoms with Crippen molar-refractivity contribution in [2.75, 3.05) is 0 Å². The van der Waals surface area contributed by atoms with E-state index in [4.69, 9.17) is 0 Å². The summed E-state index contributed by atoms with van der Waals surface area (Å²) in [6, 6.07) is 8.63. The van der Waals surface area contributed by atoms with Crippen LogP contribution in [0.25, 0.3) is 0 Å². The molecule has 0 aliphatic carbocycles. The molecule has 2 nitrogen and oxygen atoms in total. The summed E-state index contributed by atoms with van der Waals surface area (Å²) in [6.45, 7) is 26.4. The van der Waals surface area contributed by atoms with Gasteiger partial charge >= 0.3 is 0 Å². The van der Waals surface area contributed by atoms with Gasteiger partial charge in [-0.15, -0.1) is 0 Å². The lowest BCUT2D eigenvalue weighted by molar-refractivity contribution is 0.417. The van der Waals surface area contributed by atoms with Crippen LogP contribution in [0.4, 0.5) is 0 Å². The van der Waals surface area contributed by atoms with Gasteiger partial charge < -0.3 is 10.2 Å². The molecule has 2 aromatic rings. The third-order valence-corrected chi connectivity index (χ3v) is 7.72. The molecule has 0 aromatic heterocycles. The second kappa shape index (κ2) is 9.01. The van der Waals surface area contributed by atoms with E-state index >= 15 is 0 Å². The van der Waals surface area contributed by atoms with Crippen molar-refractivity contribution in [1.29, 1.82) is 0 Å². The highest BCUT2D eigenvalue weighted by Gasteiger charge is 2.30. The van der Waals surface area contributed by atoms with Crippen molar-refractivity contribution in [3.8, 4) is 11.5 Å². The Bertz CT molecular complexity index is 914. The van der Waals surface area contributed by atoms with Gasteiger partial charge in [0, 0.05) is 17.5 Å². The molecule has 0 unspecified atom stereocenters. The molecule has 0 atom stereocenters. The molecule has 2 aromatic carbocycles. The van der Waals surface area contributed by atoms with Gasteiger partial charge in [0.2, 0.25) is 0 Å². The van der Waals surface area contributed by atoms with Crippen LogP contribution in [-0.2, 0) is 28.1 Å². The second-order valence-electron chi connectivity index (χ2n) is 13.2. The van der Waals surface area contributed by atoms with Crippen molar-refractivity contribution < 1.29 is 10.2 Å². The molecule has 0 bridgehead atoms. The summed E-state index contributed by atoms with van der Waals surface area (Å²) in [5.74, 6) is 0.735. The minimum absolute atomic E-state index is 0.0360. The van der Waals surface area contributed by atoms with Gasteiger partial charge in [0.05, 0.1) is 0 Å². The molecule has 0 amide bonds. The first-order chi connectivity index (χ1) is 14.8. The lowest BCUT2D eigenvalue weighted by atomic mass is 9.74. The van der Waals surface area contributed by atoms with Gasteiger partial charge in [-0.3, -0.25) is 0 Å². The Labute approximate surface area is 203 Å². The summed E-state index contributed by atoms with van der Waals surface area (Å²) in [6.07, 6.45) is 2.38. The van der Waals surface area contributed by atoms with Gasteiger partial charge in [-0.2, -0.15) is 0 Å². The predicted molar refractivity (Wildman–Crippen MR) is 143 cm³/mol. The Morgan fingerprint density at radius 2 is 0.848 bits per heavy atom. The molecule has 0 saturated carbocycles. The maximum Gasteiger partial charge on any atom is 0.122 e. The normalized spacial score (nSPS) is 13.5. The summed E-state index contributed by atoms with van der Waals surface area (Å²) in [4.78, 5) is 0. The molecule has 2 rings (SSSR count). The minimum atomic E-state index is -0.134. The lowest BCUT2D eigenvalue weighted by Crippen LogP contribution is -2.20. The predicted octanol–water partition coefficient (Wildman–Crippen LogP) is 8.66. The maximum absolute atomic E-state index is 11.4. The third kappa shape index (κ3) is 5.76. The SMILES string of the molecule is CCC(C)(C)c1cc(C(C)(C)C)cc(Cc2cc(C(C)(C)C)cc(C(C)(C)CC)c2O)c1O. The number of phenolic OH excluding ortho intramolecular Hbond substituents is 2. The molecule has 0 saturated heterocycles. The van der Waals surface area contributed by atoms with Crippen molar-refractivity contribution in [3.05, 3.63) is 57.6 Å². The largest absolute Gasteiger partial charge is 0.507 e. The van der Waals surface area contributed by atoms with Gasteiger partial charge in [0.1, 0.15) is 11.5 Å². The van der Waals surface area contributed by atoms with Crippen LogP contribution in [0, 0.1) is 0 Å². The number of rotatable bonds is 6. The number of hydrogen-bond acceptors (Lipinski definition) is 2. The van der Waals surface area contributed by atoms with Crippen LogP contribution >= 0.6 is 0 Å². The molecule has 0 aliphatic rings. The standard InChI is InChI=1S/C31H48O2/c1-13-30(9,10)24-18-22(28(3,4)5)16-20(26(24)32)15-21-17-23(29(6,7)8)19-25(27(21)33)31(11,12)14-2/h16-19,32-33H,13-15H2,1-12H3. The van der Waals surface area contributed by atoms with Crippen molar-refractivity contribution in [2.24, 2.45) is 0 Å². The van der Waals surface area contributed by atoms with Crippen LogP contribution in [0.3, 0.4) is 0 Å². The van der Waals surface area contributed by atoms with Crippen molar-refractivity contribution in [2.45, 2.75) is 124 Å². The van der Waals surface area contributed by atoms with Gasteiger partial charge in [0.25, 0.3) is 0 Å². The Balaban J connectivity index is 2.81. The lowest BCUT2D eigenvalue weighted by Gasteiger charge is -2.31. The van der Waals surface area contributed by atoms with E-state index in [1.807, 2.05) is 0 Å². The highest BCUT2D eigenvalue weighted by molar-refractivity contribution is 5.55. The van der Waals surface area contributed by atoms with Crippen molar-refractivity contribution >= 4 is 0 Å². The van der Waals surface area contributed by atoms with Gasteiger partial charge in [-0.05, 0) is 56.8 Å². The van der Waals surface area contributed by atoms with Crippen molar-refractivity contribution in [1.82, 2.24) is 0 Å². The minimum Gasteiger partial charge on any atom is -0.507 e. The van der Waals surface area contributed by atoms with E-state index in [0.29, 0.717) is 17.9 Å². The Morgan fingerprint density at radius 3 is 1.09 bits per heavy atom. The summed E-state index contributed by atoms with van der Waals surface area (Å²) >= 11 is 0. The molecular formula is C31H48O2. The van der Waals surface area contributed by atoms with E-state index in [1.54, 1.807) is 0 Å². The fourth-order valence-electron chi connectivity index (χ4n) is 4.14. The highest BCUT2D eigenvalue weighted by Crippen LogP contribution is 2.43. The van der Waals surface area contributed by atoms with Crippen molar-refractivity contribution in [3.63, 3.8) is 0 Å². The van der Waals surface area contributed by atoms with Gasteiger partial charge in [-0.25, -0.2) is 0 Å².